The van der Waals surface area contributed by atoms with Crippen LogP contribution >= 0.6 is 0 Å². The highest BCUT2D eigenvalue weighted by Crippen LogP contribution is 2.47. The number of rotatable bonds is 15. The fourth-order valence-corrected chi connectivity index (χ4v) is 9.46. The van der Waals surface area contributed by atoms with Gasteiger partial charge in [-0.2, -0.15) is 0 Å². The predicted molar refractivity (Wildman–Crippen MR) is 245 cm³/mol. The maximum atomic E-state index is 13.5. The van der Waals surface area contributed by atoms with Crippen molar-refractivity contribution in [3.63, 3.8) is 0 Å². The molecule has 4 aliphatic rings. The topological polar surface area (TPSA) is 213 Å². The van der Waals surface area contributed by atoms with Crippen LogP contribution in [0.2, 0.25) is 0 Å². The molecule has 2 aliphatic heterocycles. The third-order valence-electron chi connectivity index (χ3n) is 12.7. The van der Waals surface area contributed by atoms with Crippen molar-refractivity contribution in [2.24, 2.45) is 9.98 Å². The molecular weight excluding hydrogens is 849 g/mol. The first-order valence-corrected chi connectivity index (χ1v) is 22.4. The van der Waals surface area contributed by atoms with Crippen molar-refractivity contribution in [3.8, 4) is 23.0 Å². The minimum atomic E-state index is -2.17. The Balaban J connectivity index is 0.950. The molecule has 0 spiro atoms. The van der Waals surface area contributed by atoms with Crippen LogP contribution in [0.4, 0.5) is 11.9 Å². The molecule has 2 unspecified atom stereocenters. The van der Waals surface area contributed by atoms with Crippen molar-refractivity contribution in [1.82, 2.24) is 19.9 Å². The van der Waals surface area contributed by atoms with Gasteiger partial charge in [-0.25, -0.2) is 29.5 Å². The summed E-state index contributed by atoms with van der Waals surface area (Å²) < 4.78 is 35.0. The van der Waals surface area contributed by atoms with Gasteiger partial charge in [-0.3, -0.25) is 9.98 Å². The normalized spacial score (nSPS) is 22.6. The number of ether oxygens (including phenoxy) is 6. The molecule has 18 nitrogen and oxygen atoms in total. The molecule has 4 heterocycles. The van der Waals surface area contributed by atoms with Crippen molar-refractivity contribution < 1.29 is 48.2 Å². The van der Waals surface area contributed by atoms with Gasteiger partial charge in [0.05, 0.1) is 50.9 Å². The molecule has 2 saturated carbocycles. The second-order valence-corrected chi connectivity index (χ2v) is 17.3. The van der Waals surface area contributed by atoms with E-state index in [9.17, 15) is 19.8 Å². The average Bonchev–Trinajstić information content (AvgIpc) is 3.32. The van der Waals surface area contributed by atoms with E-state index in [1.807, 2.05) is 76.1 Å². The van der Waals surface area contributed by atoms with Gasteiger partial charge in [-0.15, -0.1) is 0 Å². The number of benzene rings is 2. The first-order chi connectivity index (χ1) is 31.8. The molecule has 2 aromatic heterocycles. The summed E-state index contributed by atoms with van der Waals surface area (Å²) in [6.07, 6.45) is 4.17. The molecule has 66 heavy (non-hydrogen) atoms. The molecule has 0 bridgehead atoms. The van der Waals surface area contributed by atoms with Crippen molar-refractivity contribution in [1.29, 1.82) is 0 Å². The Bertz CT molecular complexity index is 2310. The molecule has 2 fully saturated rings. The van der Waals surface area contributed by atoms with Gasteiger partial charge in [0.1, 0.15) is 12.2 Å². The van der Waals surface area contributed by atoms with Crippen molar-refractivity contribution in [2.75, 3.05) is 65.4 Å². The third kappa shape index (κ3) is 9.20. The van der Waals surface area contributed by atoms with E-state index in [2.05, 4.69) is 19.9 Å². The molecular formula is C48H58N8O10. The van der Waals surface area contributed by atoms with Gasteiger partial charge in [0.2, 0.25) is 11.9 Å². The summed E-state index contributed by atoms with van der Waals surface area (Å²) in [5.74, 6) is 0.784. The highest BCUT2D eigenvalue weighted by Gasteiger charge is 2.43. The van der Waals surface area contributed by atoms with Crippen LogP contribution in [-0.4, -0.2) is 146 Å². The van der Waals surface area contributed by atoms with E-state index >= 15 is 0 Å². The van der Waals surface area contributed by atoms with Crippen LogP contribution < -0.4 is 28.7 Å². The van der Waals surface area contributed by atoms with Gasteiger partial charge >= 0.3 is 11.9 Å². The highest BCUT2D eigenvalue weighted by atomic mass is 16.6. The highest BCUT2D eigenvalue weighted by molar-refractivity contribution is 6.15. The lowest BCUT2D eigenvalue weighted by Crippen LogP contribution is -2.45. The Morgan fingerprint density at radius 1 is 0.606 bits per heavy atom. The van der Waals surface area contributed by atoms with Crippen molar-refractivity contribution in [3.05, 3.63) is 82.4 Å². The molecule has 0 amide bonds. The Morgan fingerprint density at radius 2 is 0.985 bits per heavy atom. The second-order valence-electron chi connectivity index (χ2n) is 17.3. The standard InChI is InChI=1S/C48H58N8O10/c1-9-63-39-17-29-31-15-27(11-13-35(31)53-41(33(29)19-37(39)61-7)25-21-49-47(50-22-25)55(3)4)65-45(59)43(57)44(58)46(60)66-28-12-14-36-32(16-28)30-18-40(64-10-2)38(62-8)20-34(30)42(54-36)26-23-51-48(52-24-26)56(5)6/h17-24,27-28,31-32,35-36,43-44,57-58H,9-16H2,1-8H3/t27-,28-,31-,32-,35-,36-,43?,44?/m0/s1. The van der Waals surface area contributed by atoms with E-state index in [1.54, 1.807) is 39.0 Å². The number of aliphatic imine (C=N–C) groups is 2. The molecule has 0 saturated heterocycles. The zero-order valence-electron chi connectivity index (χ0n) is 38.6. The van der Waals surface area contributed by atoms with Crippen LogP contribution in [0.3, 0.4) is 0 Å². The first-order valence-electron chi connectivity index (χ1n) is 22.4. The molecule has 4 aromatic rings. The lowest BCUT2D eigenvalue weighted by molar-refractivity contribution is -0.180. The number of aromatic nitrogens is 4. The summed E-state index contributed by atoms with van der Waals surface area (Å²) in [5.41, 5.74) is 6.46. The minimum absolute atomic E-state index is 0.163. The van der Waals surface area contributed by atoms with E-state index in [1.165, 1.54) is 0 Å². The Kier molecular flexibility index (Phi) is 13.7. The minimum Gasteiger partial charge on any atom is -0.493 e. The van der Waals surface area contributed by atoms with E-state index < -0.39 is 36.4 Å². The summed E-state index contributed by atoms with van der Waals surface area (Å²) >= 11 is 0. The number of anilines is 2. The fraction of sp³-hybridized carbons (Fsp3) is 0.500. The summed E-state index contributed by atoms with van der Waals surface area (Å²) in [5, 5.41) is 22.1. The van der Waals surface area contributed by atoms with Gasteiger partial charge in [-0.1, -0.05) is 0 Å². The molecule has 8 atom stereocenters. The summed E-state index contributed by atoms with van der Waals surface area (Å²) in [6, 6.07) is 7.38. The largest absolute Gasteiger partial charge is 0.493 e. The van der Waals surface area contributed by atoms with Crippen LogP contribution in [0, 0.1) is 0 Å². The van der Waals surface area contributed by atoms with Crippen LogP contribution in [-0.2, 0) is 19.1 Å². The number of esters is 2. The van der Waals surface area contributed by atoms with Gasteiger partial charge in [0, 0.05) is 87.1 Å². The number of hydrogen-bond acceptors (Lipinski definition) is 18. The van der Waals surface area contributed by atoms with Crippen LogP contribution in [0.15, 0.2) is 59.0 Å². The van der Waals surface area contributed by atoms with Gasteiger partial charge in [0.25, 0.3) is 0 Å². The number of nitrogens with zero attached hydrogens (tertiary/aromatic N) is 8. The molecule has 2 N–H and O–H groups in total. The third-order valence-corrected chi connectivity index (χ3v) is 12.7. The maximum absolute atomic E-state index is 13.5. The Hall–Kier alpha value is -6.40. The molecule has 8 rings (SSSR count). The van der Waals surface area contributed by atoms with Crippen molar-refractivity contribution >= 4 is 35.3 Å². The molecule has 2 aliphatic carbocycles. The predicted octanol–water partition coefficient (Wildman–Crippen LogP) is 4.43. The summed E-state index contributed by atoms with van der Waals surface area (Å²) in [7, 11) is 10.7. The van der Waals surface area contributed by atoms with E-state index in [-0.39, 0.29) is 23.9 Å². The zero-order chi connectivity index (χ0) is 46.8. The molecule has 350 valence electrons. The number of methoxy groups -OCH3 is 2. The van der Waals surface area contributed by atoms with Gasteiger partial charge in [-0.05, 0) is 87.8 Å². The number of fused-ring (bicyclic) bond motifs is 6. The van der Waals surface area contributed by atoms with E-state index in [0.29, 0.717) is 86.6 Å². The van der Waals surface area contributed by atoms with Crippen molar-refractivity contribution in [2.45, 2.75) is 101 Å². The number of aliphatic hydroxyl groups excluding tert-OH is 2. The molecule has 18 heteroatoms. The lowest BCUT2D eigenvalue weighted by Gasteiger charge is -2.39. The Labute approximate surface area is 384 Å². The van der Waals surface area contributed by atoms with Crippen LogP contribution in [0.1, 0.15) is 97.6 Å². The summed E-state index contributed by atoms with van der Waals surface area (Å²) in [4.78, 5) is 59.1. The number of carbonyl (C=O) groups excluding carboxylic acids is 2. The van der Waals surface area contributed by atoms with E-state index in [4.69, 9.17) is 38.4 Å². The summed E-state index contributed by atoms with van der Waals surface area (Å²) in [6.45, 7) is 4.64. The lowest BCUT2D eigenvalue weighted by atomic mass is 9.74. The smallest absolute Gasteiger partial charge is 0.338 e. The maximum Gasteiger partial charge on any atom is 0.338 e. The first kappa shape index (κ1) is 46.1. The van der Waals surface area contributed by atoms with Gasteiger partial charge in [0.15, 0.2) is 35.2 Å². The second kappa shape index (κ2) is 19.6. The van der Waals surface area contributed by atoms with Gasteiger partial charge < -0.3 is 48.4 Å². The number of aliphatic hydroxyl groups is 2. The monoisotopic (exact) mass is 906 g/mol. The van der Waals surface area contributed by atoms with Crippen LogP contribution in [0.5, 0.6) is 23.0 Å². The zero-order valence-corrected chi connectivity index (χ0v) is 38.6. The SMILES string of the molecule is CCOc1cc2c(cc1OC)C(c1cnc(N(C)C)nc1)=N[C@H]1CC[C@H](OC(=O)C(O)C(O)C(=O)O[C@H]3CC[C@@H]4N=C(c5cnc(N(C)C)nc5)c5cc(OC)c(OCC)cc5[C@@H]4C3)C[C@@H]21. The molecule has 2 aromatic carbocycles. The number of carbonyl (C=O) groups is 2. The average molecular weight is 907 g/mol. The van der Waals surface area contributed by atoms with Crippen LogP contribution in [0.25, 0.3) is 0 Å². The van der Waals surface area contributed by atoms with E-state index in [0.717, 1.165) is 44.8 Å². The number of hydrogen-bond donors (Lipinski definition) is 2. The Morgan fingerprint density at radius 3 is 1.32 bits per heavy atom. The quantitative estimate of drug-likeness (QED) is 0.158. The fourth-order valence-electron chi connectivity index (χ4n) is 9.46. The molecule has 0 radical (unpaired) electrons.